The second kappa shape index (κ2) is 6.33. The SMILES string of the molecule is CN(CCCC=O)Cc1cccc(F)c1F. The fourth-order valence-corrected chi connectivity index (χ4v) is 1.48. The van der Waals surface area contributed by atoms with Gasteiger partial charge in [0.05, 0.1) is 0 Å². The molecule has 0 aliphatic heterocycles. The third kappa shape index (κ3) is 3.70. The van der Waals surface area contributed by atoms with Crippen LogP contribution in [0.15, 0.2) is 18.2 Å². The molecule has 0 atom stereocenters. The fraction of sp³-hybridized carbons (Fsp3) is 0.417. The number of carbonyl (C=O) groups excluding carboxylic acids is 1. The van der Waals surface area contributed by atoms with Crippen molar-refractivity contribution in [1.82, 2.24) is 4.90 Å². The lowest BCUT2D eigenvalue weighted by Gasteiger charge is -2.16. The van der Waals surface area contributed by atoms with Crippen LogP contribution < -0.4 is 0 Å². The normalized spacial score (nSPS) is 10.8. The highest BCUT2D eigenvalue weighted by molar-refractivity contribution is 5.48. The average Bonchev–Trinajstić information content (AvgIpc) is 2.25. The van der Waals surface area contributed by atoms with E-state index in [1.807, 2.05) is 11.9 Å². The number of hydrogen-bond acceptors (Lipinski definition) is 2. The number of hydrogen-bond donors (Lipinski definition) is 0. The molecule has 2 nitrogen and oxygen atoms in total. The van der Waals surface area contributed by atoms with Crippen LogP contribution in [0.2, 0.25) is 0 Å². The Hall–Kier alpha value is -1.29. The smallest absolute Gasteiger partial charge is 0.163 e. The molecular formula is C12H15F2NO. The molecule has 0 amide bonds. The lowest BCUT2D eigenvalue weighted by Crippen LogP contribution is -2.20. The van der Waals surface area contributed by atoms with E-state index in [4.69, 9.17) is 0 Å². The molecule has 0 saturated heterocycles. The molecule has 1 aromatic rings. The number of unbranched alkanes of at least 4 members (excludes halogenated alkanes) is 1. The molecule has 0 N–H and O–H groups in total. The van der Waals surface area contributed by atoms with Gasteiger partial charge in [0.15, 0.2) is 11.6 Å². The van der Waals surface area contributed by atoms with Gasteiger partial charge in [-0.2, -0.15) is 0 Å². The van der Waals surface area contributed by atoms with E-state index in [0.717, 1.165) is 18.8 Å². The van der Waals surface area contributed by atoms with E-state index in [0.29, 0.717) is 25.1 Å². The molecule has 88 valence electrons. The minimum Gasteiger partial charge on any atom is -0.303 e. The minimum absolute atomic E-state index is 0.341. The number of carbonyl (C=O) groups is 1. The molecule has 1 rings (SSSR count). The maximum atomic E-state index is 13.3. The van der Waals surface area contributed by atoms with E-state index in [1.54, 1.807) is 6.07 Å². The predicted molar refractivity (Wildman–Crippen MR) is 58.0 cm³/mol. The van der Waals surface area contributed by atoms with Crippen LogP contribution in [-0.4, -0.2) is 24.8 Å². The Morgan fingerprint density at radius 3 is 2.81 bits per heavy atom. The Kier molecular flexibility index (Phi) is 5.05. The van der Waals surface area contributed by atoms with E-state index in [-0.39, 0.29) is 0 Å². The number of benzene rings is 1. The van der Waals surface area contributed by atoms with E-state index in [9.17, 15) is 13.6 Å². The molecule has 16 heavy (non-hydrogen) atoms. The summed E-state index contributed by atoms with van der Waals surface area (Å²) in [7, 11) is 1.81. The third-order valence-electron chi connectivity index (χ3n) is 2.33. The second-order valence-electron chi connectivity index (χ2n) is 3.76. The van der Waals surface area contributed by atoms with E-state index >= 15 is 0 Å². The Balaban J connectivity index is 2.52. The summed E-state index contributed by atoms with van der Waals surface area (Å²) in [6, 6.07) is 4.16. The minimum atomic E-state index is -0.821. The zero-order valence-electron chi connectivity index (χ0n) is 9.25. The van der Waals surface area contributed by atoms with E-state index in [1.165, 1.54) is 6.07 Å². The third-order valence-corrected chi connectivity index (χ3v) is 2.33. The van der Waals surface area contributed by atoms with Crippen molar-refractivity contribution in [1.29, 1.82) is 0 Å². The Morgan fingerprint density at radius 1 is 1.38 bits per heavy atom. The van der Waals surface area contributed by atoms with Crippen LogP contribution in [0.1, 0.15) is 18.4 Å². The van der Waals surface area contributed by atoms with Crippen molar-refractivity contribution in [2.24, 2.45) is 0 Å². The summed E-state index contributed by atoms with van der Waals surface area (Å²) in [6.45, 7) is 1.04. The predicted octanol–water partition coefficient (Wildman–Crippen LogP) is 2.38. The molecule has 0 saturated carbocycles. The molecule has 1 aromatic carbocycles. The molecule has 0 spiro atoms. The zero-order chi connectivity index (χ0) is 12.0. The topological polar surface area (TPSA) is 20.3 Å². The highest BCUT2D eigenvalue weighted by Crippen LogP contribution is 2.13. The van der Waals surface area contributed by atoms with Gasteiger partial charge in [-0.15, -0.1) is 0 Å². The molecule has 0 aliphatic carbocycles. The quantitative estimate of drug-likeness (QED) is 0.549. The molecule has 0 heterocycles. The second-order valence-corrected chi connectivity index (χ2v) is 3.76. The van der Waals surface area contributed by atoms with Gasteiger partial charge in [-0.25, -0.2) is 8.78 Å². The van der Waals surface area contributed by atoms with Gasteiger partial charge < -0.3 is 9.69 Å². The van der Waals surface area contributed by atoms with E-state index < -0.39 is 11.6 Å². The van der Waals surface area contributed by atoms with Crippen LogP contribution in [-0.2, 0) is 11.3 Å². The van der Waals surface area contributed by atoms with Gasteiger partial charge >= 0.3 is 0 Å². The van der Waals surface area contributed by atoms with Crippen molar-refractivity contribution in [3.8, 4) is 0 Å². The molecular weight excluding hydrogens is 212 g/mol. The van der Waals surface area contributed by atoms with Crippen molar-refractivity contribution < 1.29 is 13.6 Å². The first kappa shape index (κ1) is 12.8. The molecule has 0 unspecified atom stereocenters. The van der Waals surface area contributed by atoms with Crippen molar-refractivity contribution in [2.75, 3.05) is 13.6 Å². The first-order valence-electron chi connectivity index (χ1n) is 5.20. The van der Waals surface area contributed by atoms with Crippen molar-refractivity contribution in [2.45, 2.75) is 19.4 Å². The van der Waals surface area contributed by atoms with Gasteiger partial charge in [0.25, 0.3) is 0 Å². The maximum Gasteiger partial charge on any atom is 0.163 e. The maximum absolute atomic E-state index is 13.3. The largest absolute Gasteiger partial charge is 0.303 e. The van der Waals surface area contributed by atoms with Crippen LogP contribution in [0.5, 0.6) is 0 Å². The van der Waals surface area contributed by atoms with Crippen LogP contribution >= 0.6 is 0 Å². The summed E-state index contributed by atoms with van der Waals surface area (Å²) in [6.07, 6.45) is 2.09. The van der Waals surface area contributed by atoms with Gasteiger partial charge in [-0.05, 0) is 26.1 Å². The standard InChI is InChI=1S/C12H15F2NO/c1-15(7-2-3-8-16)9-10-5-4-6-11(13)12(10)14/h4-6,8H,2-3,7,9H2,1H3. The summed E-state index contributed by atoms with van der Waals surface area (Å²) in [5.74, 6) is -1.61. The van der Waals surface area contributed by atoms with Gasteiger partial charge in [-0.3, -0.25) is 0 Å². The molecule has 0 bridgehead atoms. The Bertz CT molecular complexity index is 355. The van der Waals surface area contributed by atoms with Crippen molar-refractivity contribution in [3.63, 3.8) is 0 Å². The Morgan fingerprint density at radius 2 is 2.12 bits per heavy atom. The highest BCUT2D eigenvalue weighted by Gasteiger charge is 2.09. The van der Waals surface area contributed by atoms with Gasteiger partial charge in [0.1, 0.15) is 6.29 Å². The first-order chi connectivity index (χ1) is 7.65. The number of halogens is 2. The van der Waals surface area contributed by atoms with Crippen LogP contribution in [0.4, 0.5) is 8.78 Å². The highest BCUT2D eigenvalue weighted by atomic mass is 19.2. The number of nitrogens with zero attached hydrogens (tertiary/aromatic N) is 1. The molecule has 0 aromatic heterocycles. The lowest BCUT2D eigenvalue weighted by molar-refractivity contribution is -0.108. The van der Waals surface area contributed by atoms with Crippen LogP contribution in [0.25, 0.3) is 0 Å². The van der Waals surface area contributed by atoms with Gasteiger partial charge in [0.2, 0.25) is 0 Å². The zero-order valence-corrected chi connectivity index (χ0v) is 9.25. The van der Waals surface area contributed by atoms with Crippen LogP contribution in [0.3, 0.4) is 0 Å². The summed E-state index contributed by atoms with van der Waals surface area (Å²) < 4.78 is 26.2. The van der Waals surface area contributed by atoms with Gasteiger partial charge in [0, 0.05) is 18.5 Å². The Labute approximate surface area is 93.9 Å². The van der Waals surface area contributed by atoms with Crippen molar-refractivity contribution in [3.05, 3.63) is 35.4 Å². The van der Waals surface area contributed by atoms with Crippen molar-refractivity contribution >= 4 is 6.29 Å². The molecule has 0 aliphatic rings. The summed E-state index contributed by atoms with van der Waals surface area (Å²) >= 11 is 0. The molecule has 0 fully saturated rings. The fourth-order valence-electron chi connectivity index (χ4n) is 1.48. The monoisotopic (exact) mass is 227 g/mol. The number of aldehydes is 1. The summed E-state index contributed by atoms with van der Waals surface area (Å²) in [5.41, 5.74) is 0.341. The number of rotatable bonds is 6. The molecule has 4 heteroatoms. The van der Waals surface area contributed by atoms with E-state index in [2.05, 4.69) is 0 Å². The average molecular weight is 227 g/mol. The summed E-state index contributed by atoms with van der Waals surface area (Å²) in [5, 5.41) is 0. The first-order valence-corrected chi connectivity index (χ1v) is 5.20. The molecule has 0 radical (unpaired) electrons. The summed E-state index contributed by atoms with van der Waals surface area (Å²) in [4.78, 5) is 12.0. The van der Waals surface area contributed by atoms with Gasteiger partial charge in [-0.1, -0.05) is 12.1 Å². The van der Waals surface area contributed by atoms with Crippen LogP contribution in [0, 0.1) is 11.6 Å². The lowest BCUT2D eigenvalue weighted by atomic mass is 10.2.